The molecule has 0 spiro atoms. The third-order valence-electron chi connectivity index (χ3n) is 5.88. The summed E-state index contributed by atoms with van der Waals surface area (Å²) in [5.41, 5.74) is -0.605. The number of carboxylic acid groups (broad SMARTS) is 1. The molecule has 3 N–H and O–H groups in total. The number of para-hydroxylation sites is 1. The minimum atomic E-state index is -1.33. The third kappa shape index (κ3) is 11.4. The highest BCUT2D eigenvalue weighted by molar-refractivity contribution is 5.90. The zero-order valence-corrected chi connectivity index (χ0v) is 23.9. The molecule has 0 aliphatic carbocycles. The summed E-state index contributed by atoms with van der Waals surface area (Å²) in [5, 5.41) is 14.9. The van der Waals surface area contributed by atoms with Crippen LogP contribution in [0.1, 0.15) is 53.5 Å². The van der Waals surface area contributed by atoms with Crippen LogP contribution < -0.4 is 15.4 Å². The summed E-state index contributed by atoms with van der Waals surface area (Å²) in [5.74, 6) is -3.46. The Morgan fingerprint density at radius 3 is 1.93 bits per heavy atom. The fraction of sp³-hybridized carbons (Fsp3) is 0.467. The highest BCUT2D eigenvalue weighted by Crippen LogP contribution is 2.30. The molecule has 10 heteroatoms. The van der Waals surface area contributed by atoms with Crippen LogP contribution in [0.2, 0.25) is 0 Å². The van der Waals surface area contributed by atoms with Crippen molar-refractivity contribution < 1.29 is 38.5 Å². The molecule has 0 aliphatic rings. The van der Waals surface area contributed by atoms with Gasteiger partial charge >= 0.3 is 18.0 Å². The average molecular weight is 557 g/mol. The van der Waals surface area contributed by atoms with Crippen molar-refractivity contribution in [2.24, 2.45) is 11.3 Å². The van der Waals surface area contributed by atoms with Crippen LogP contribution in [-0.2, 0) is 30.5 Å². The Bertz CT molecular complexity index is 1120. The number of hydrogen-bond acceptors (Lipinski definition) is 7. The maximum Gasteiger partial charge on any atom is 0.408 e. The molecule has 0 radical (unpaired) electrons. The lowest BCUT2D eigenvalue weighted by Gasteiger charge is -2.31. The molecule has 40 heavy (non-hydrogen) atoms. The van der Waals surface area contributed by atoms with Gasteiger partial charge in [-0.15, -0.1) is 0 Å². The summed E-state index contributed by atoms with van der Waals surface area (Å²) in [6.07, 6.45) is -1.09. The average Bonchev–Trinajstić information content (AvgIpc) is 2.87. The van der Waals surface area contributed by atoms with E-state index in [2.05, 4.69) is 10.6 Å². The lowest BCUT2D eigenvalue weighted by Crippen LogP contribution is -2.55. The van der Waals surface area contributed by atoms with Gasteiger partial charge in [-0.25, -0.2) is 9.59 Å². The molecule has 10 nitrogen and oxygen atoms in total. The Hall–Kier alpha value is -3.92. The smallest absolute Gasteiger partial charge is 0.408 e. The van der Waals surface area contributed by atoms with Crippen LogP contribution in [0.25, 0.3) is 0 Å². The zero-order chi connectivity index (χ0) is 29.9. The molecule has 2 aromatic rings. The first kappa shape index (κ1) is 32.3. The molecular formula is C30H40N2O8. The maximum atomic E-state index is 13.4. The van der Waals surface area contributed by atoms with Gasteiger partial charge < -0.3 is 30.0 Å². The van der Waals surface area contributed by atoms with Gasteiger partial charge in [-0.3, -0.25) is 9.59 Å². The number of alkyl carbamates (subject to hydrolysis) is 1. The van der Waals surface area contributed by atoms with E-state index in [0.29, 0.717) is 0 Å². The van der Waals surface area contributed by atoms with Crippen LogP contribution in [0.15, 0.2) is 60.7 Å². The van der Waals surface area contributed by atoms with E-state index >= 15 is 0 Å². The molecule has 2 amide bonds. The van der Waals surface area contributed by atoms with E-state index in [0.717, 1.165) is 5.56 Å². The molecule has 2 aromatic carbocycles. The van der Waals surface area contributed by atoms with E-state index in [1.54, 1.807) is 96.1 Å². The minimum Gasteiger partial charge on any atom is -0.481 e. The van der Waals surface area contributed by atoms with Crippen LogP contribution in [-0.4, -0.2) is 53.3 Å². The zero-order valence-electron chi connectivity index (χ0n) is 23.9. The standard InChI is InChI=1S/C30H40N2O8/c1-29(2,3)22(26(34)35)17-23(27(36)40-21-15-11-8-12-16-21)31-25(33)24(19-39-30(4,5)6)32-28(37)38-18-20-13-9-7-10-14-20/h7-16,22-24H,17-19H2,1-6H3,(H,31,33)(H,32,37)(H,34,35)/t22?,23-,24-/m0/s1. The number of benzene rings is 2. The van der Waals surface area contributed by atoms with Gasteiger partial charge in [0.25, 0.3) is 0 Å². The molecule has 0 aromatic heterocycles. The summed E-state index contributed by atoms with van der Waals surface area (Å²) in [7, 11) is 0. The van der Waals surface area contributed by atoms with Crippen molar-refractivity contribution in [3.05, 3.63) is 66.2 Å². The van der Waals surface area contributed by atoms with Gasteiger partial charge in [0.1, 0.15) is 24.4 Å². The van der Waals surface area contributed by atoms with Gasteiger partial charge in [-0.1, -0.05) is 69.3 Å². The molecule has 0 saturated carbocycles. The number of nitrogens with one attached hydrogen (secondary N) is 2. The Balaban J connectivity index is 2.24. The summed E-state index contributed by atoms with van der Waals surface area (Å²) >= 11 is 0. The number of carboxylic acids is 1. The number of carbonyl (C=O) groups excluding carboxylic acids is 3. The number of esters is 1. The maximum absolute atomic E-state index is 13.4. The van der Waals surface area contributed by atoms with Gasteiger partial charge in [0, 0.05) is 0 Å². The van der Waals surface area contributed by atoms with Crippen molar-refractivity contribution in [3.63, 3.8) is 0 Å². The van der Waals surface area contributed by atoms with E-state index in [9.17, 15) is 24.3 Å². The summed E-state index contributed by atoms with van der Waals surface area (Å²) in [6, 6.07) is 14.7. The van der Waals surface area contributed by atoms with Crippen molar-refractivity contribution in [1.29, 1.82) is 0 Å². The highest BCUT2D eigenvalue weighted by Gasteiger charge is 2.38. The Labute approximate surface area is 235 Å². The predicted molar refractivity (Wildman–Crippen MR) is 148 cm³/mol. The van der Waals surface area contributed by atoms with E-state index in [1.165, 1.54) is 0 Å². The van der Waals surface area contributed by atoms with E-state index in [-0.39, 0.29) is 25.4 Å². The molecule has 0 bridgehead atoms. The van der Waals surface area contributed by atoms with Crippen LogP contribution in [0, 0.1) is 11.3 Å². The summed E-state index contributed by atoms with van der Waals surface area (Å²) < 4.78 is 16.4. The second-order valence-electron chi connectivity index (χ2n) is 11.5. The fourth-order valence-corrected chi connectivity index (χ4v) is 3.65. The van der Waals surface area contributed by atoms with E-state index < -0.39 is 53.0 Å². The number of ether oxygens (including phenoxy) is 3. The molecule has 1 unspecified atom stereocenters. The predicted octanol–water partition coefficient (Wildman–Crippen LogP) is 4.32. The topological polar surface area (TPSA) is 140 Å². The van der Waals surface area contributed by atoms with Crippen LogP contribution in [0.4, 0.5) is 4.79 Å². The van der Waals surface area contributed by atoms with E-state index in [1.807, 2.05) is 6.07 Å². The largest absolute Gasteiger partial charge is 0.481 e. The van der Waals surface area contributed by atoms with Crippen molar-refractivity contribution >= 4 is 23.9 Å². The summed E-state index contributed by atoms with van der Waals surface area (Å²) in [6.45, 7) is 10.3. The number of carbonyl (C=O) groups is 4. The van der Waals surface area contributed by atoms with Crippen molar-refractivity contribution in [3.8, 4) is 5.75 Å². The van der Waals surface area contributed by atoms with Crippen molar-refractivity contribution in [2.75, 3.05) is 6.61 Å². The van der Waals surface area contributed by atoms with Gasteiger partial charge in [0.05, 0.1) is 18.1 Å². The number of aliphatic carboxylic acids is 1. The second kappa shape index (κ2) is 14.5. The first-order chi connectivity index (χ1) is 18.7. The van der Waals surface area contributed by atoms with Gasteiger partial charge in [-0.05, 0) is 50.3 Å². The van der Waals surface area contributed by atoms with Crippen molar-refractivity contribution in [2.45, 2.75) is 72.3 Å². The first-order valence-corrected chi connectivity index (χ1v) is 13.1. The van der Waals surface area contributed by atoms with Gasteiger partial charge in [0.2, 0.25) is 5.91 Å². The Morgan fingerprint density at radius 2 is 1.40 bits per heavy atom. The number of hydrogen-bond donors (Lipinski definition) is 3. The quantitative estimate of drug-likeness (QED) is 0.259. The molecule has 2 rings (SSSR count). The third-order valence-corrected chi connectivity index (χ3v) is 5.88. The molecule has 0 fully saturated rings. The van der Waals surface area contributed by atoms with Gasteiger partial charge in [-0.2, -0.15) is 0 Å². The summed E-state index contributed by atoms with van der Waals surface area (Å²) in [4.78, 5) is 51.3. The van der Waals surface area contributed by atoms with Crippen LogP contribution >= 0.6 is 0 Å². The molecule has 3 atom stereocenters. The lowest BCUT2D eigenvalue weighted by atomic mass is 9.77. The van der Waals surface area contributed by atoms with Crippen LogP contribution in [0.5, 0.6) is 5.75 Å². The number of rotatable bonds is 12. The monoisotopic (exact) mass is 556 g/mol. The van der Waals surface area contributed by atoms with Crippen LogP contribution in [0.3, 0.4) is 0 Å². The van der Waals surface area contributed by atoms with Crippen molar-refractivity contribution in [1.82, 2.24) is 10.6 Å². The lowest BCUT2D eigenvalue weighted by molar-refractivity contribution is -0.148. The second-order valence-corrected chi connectivity index (χ2v) is 11.5. The fourth-order valence-electron chi connectivity index (χ4n) is 3.65. The minimum absolute atomic E-state index is 0.0148. The Morgan fingerprint density at radius 1 is 0.825 bits per heavy atom. The van der Waals surface area contributed by atoms with E-state index in [4.69, 9.17) is 14.2 Å². The first-order valence-electron chi connectivity index (χ1n) is 13.1. The molecule has 0 saturated heterocycles. The Kier molecular flexibility index (Phi) is 11.7. The molecule has 0 aliphatic heterocycles. The number of amides is 2. The SMILES string of the molecule is CC(C)(C)OC[C@H](NC(=O)OCc1ccccc1)C(=O)N[C@@H](CC(C(=O)O)C(C)(C)C)C(=O)Oc1ccccc1. The molecular weight excluding hydrogens is 516 g/mol. The van der Waals surface area contributed by atoms with Gasteiger partial charge in [0.15, 0.2) is 0 Å². The molecule has 218 valence electrons. The highest BCUT2D eigenvalue weighted by atomic mass is 16.6. The molecule has 0 heterocycles. The normalized spacial score (nSPS) is 13.8.